The Morgan fingerprint density at radius 1 is 1.07 bits per heavy atom. The van der Waals surface area contributed by atoms with Crippen molar-refractivity contribution in [3.05, 3.63) is 88.7 Å². The number of ether oxygens (including phenoxy) is 1. The molecule has 0 heterocycles. The number of rotatable bonds is 6. The highest BCUT2D eigenvalue weighted by Crippen LogP contribution is 2.29. The zero-order chi connectivity index (χ0) is 21.0. The Kier molecular flexibility index (Phi) is 6.20. The van der Waals surface area contributed by atoms with E-state index in [4.69, 9.17) is 16.3 Å². The van der Waals surface area contributed by atoms with E-state index in [0.717, 1.165) is 6.26 Å². The predicted molar refractivity (Wildman–Crippen MR) is 110 cm³/mol. The van der Waals surface area contributed by atoms with Gasteiger partial charge < -0.3 is 10.1 Å². The first-order chi connectivity index (χ1) is 13.7. The lowest BCUT2D eigenvalue weighted by Gasteiger charge is -2.12. The summed E-state index contributed by atoms with van der Waals surface area (Å²) < 4.78 is 42.6. The van der Waals surface area contributed by atoms with Gasteiger partial charge in [-0.05, 0) is 48.0 Å². The smallest absolute Gasteiger partial charge is 0.256 e. The van der Waals surface area contributed by atoms with Crippen LogP contribution in [0.5, 0.6) is 5.75 Å². The van der Waals surface area contributed by atoms with E-state index >= 15 is 0 Å². The fourth-order valence-electron chi connectivity index (χ4n) is 2.66. The van der Waals surface area contributed by atoms with Gasteiger partial charge in [0, 0.05) is 11.9 Å². The van der Waals surface area contributed by atoms with Gasteiger partial charge in [0.15, 0.2) is 9.84 Å². The molecule has 0 aliphatic rings. The highest BCUT2D eigenvalue weighted by atomic mass is 35.5. The molecule has 0 saturated heterocycles. The molecule has 0 fully saturated rings. The van der Waals surface area contributed by atoms with Gasteiger partial charge in [-0.25, -0.2) is 12.8 Å². The second kappa shape index (κ2) is 8.63. The maximum Gasteiger partial charge on any atom is 0.256 e. The van der Waals surface area contributed by atoms with Gasteiger partial charge >= 0.3 is 0 Å². The van der Waals surface area contributed by atoms with E-state index in [1.165, 1.54) is 30.3 Å². The zero-order valence-corrected chi connectivity index (χ0v) is 16.9. The summed E-state index contributed by atoms with van der Waals surface area (Å²) in [6, 6.07) is 16.6. The Morgan fingerprint density at radius 2 is 1.83 bits per heavy atom. The minimum absolute atomic E-state index is 0.0394. The Labute approximate surface area is 173 Å². The Bertz CT molecular complexity index is 1160. The lowest BCUT2D eigenvalue weighted by molar-refractivity contribution is 0.102. The normalized spacial score (nSPS) is 11.1. The van der Waals surface area contributed by atoms with E-state index in [1.54, 1.807) is 36.4 Å². The first-order valence-corrected chi connectivity index (χ1v) is 10.8. The molecule has 0 atom stereocenters. The van der Waals surface area contributed by atoms with Crippen molar-refractivity contribution >= 4 is 33.0 Å². The second-order valence-corrected chi connectivity index (χ2v) is 8.68. The number of amides is 1. The molecule has 0 saturated carbocycles. The summed E-state index contributed by atoms with van der Waals surface area (Å²) in [5.41, 5.74) is 1.06. The summed E-state index contributed by atoms with van der Waals surface area (Å²) in [5.74, 6) is -0.564. The van der Waals surface area contributed by atoms with Gasteiger partial charge in [0.25, 0.3) is 5.91 Å². The molecule has 0 bridgehead atoms. The largest absolute Gasteiger partial charge is 0.487 e. The summed E-state index contributed by atoms with van der Waals surface area (Å²) in [5, 5.41) is 2.87. The molecule has 0 aromatic heterocycles. The van der Waals surface area contributed by atoms with E-state index in [1.807, 2.05) is 0 Å². The van der Waals surface area contributed by atoms with Crippen molar-refractivity contribution in [3.63, 3.8) is 0 Å². The molecule has 3 aromatic carbocycles. The molecule has 0 unspecified atom stereocenters. The summed E-state index contributed by atoms with van der Waals surface area (Å²) in [6.45, 7) is 0.130. The monoisotopic (exact) mass is 433 g/mol. The van der Waals surface area contributed by atoms with Crippen LogP contribution in [0, 0.1) is 5.82 Å². The van der Waals surface area contributed by atoms with Crippen LogP contribution in [0.15, 0.2) is 71.6 Å². The average molecular weight is 434 g/mol. The van der Waals surface area contributed by atoms with Crippen molar-refractivity contribution in [1.29, 1.82) is 0 Å². The van der Waals surface area contributed by atoms with E-state index in [0.29, 0.717) is 17.0 Å². The fourth-order valence-corrected chi connectivity index (χ4v) is 3.78. The minimum atomic E-state index is -3.56. The van der Waals surface area contributed by atoms with E-state index < -0.39 is 15.7 Å². The van der Waals surface area contributed by atoms with E-state index in [9.17, 15) is 17.6 Å². The maximum atomic E-state index is 13.2. The molecule has 0 aliphatic carbocycles. The van der Waals surface area contributed by atoms with Crippen LogP contribution in [0.3, 0.4) is 0 Å². The lowest BCUT2D eigenvalue weighted by atomic mass is 10.2. The Hall–Kier alpha value is -2.90. The molecular weight excluding hydrogens is 417 g/mol. The van der Waals surface area contributed by atoms with Crippen molar-refractivity contribution < 1.29 is 22.3 Å². The van der Waals surface area contributed by atoms with Gasteiger partial charge in [-0.1, -0.05) is 35.9 Å². The topological polar surface area (TPSA) is 72.5 Å². The number of halogens is 2. The number of benzene rings is 3. The van der Waals surface area contributed by atoms with Crippen molar-refractivity contribution in [1.82, 2.24) is 0 Å². The first-order valence-electron chi connectivity index (χ1n) is 8.51. The van der Waals surface area contributed by atoms with Crippen molar-refractivity contribution in [2.24, 2.45) is 0 Å². The number of carbonyl (C=O) groups excluding carboxylic acids is 1. The van der Waals surface area contributed by atoms with Crippen LogP contribution in [0.4, 0.5) is 10.1 Å². The SMILES string of the molecule is CS(=O)(=O)c1ccccc1C(=O)Nc1ccc(OCc2cccc(F)c2)c(Cl)c1. The highest BCUT2D eigenvalue weighted by Gasteiger charge is 2.18. The zero-order valence-electron chi connectivity index (χ0n) is 15.4. The predicted octanol–water partition coefficient (Wildman–Crippen LogP) is 4.71. The van der Waals surface area contributed by atoms with Crippen LogP contribution in [0.1, 0.15) is 15.9 Å². The molecular formula is C21H17ClFNO4S. The molecule has 5 nitrogen and oxygen atoms in total. The summed E-state index contributed by atoms with van der Waals surface area (Å²) in [7, 11) is -3.56. The number of hydrogen-bond acceptors (Lipinski definition) is 4. The van der Waals surface area contributed by atoms with Crippen LogP contribution in [0.25, 0.3) is 0 Å². The molecule has 0 spiro atoms. The lowest BCUT2D eigenvalue weighted by Crippen LogP contribution is -2.16. The van der Waals surface area contributed by atoms with Gasteiger partial charge in [0.05, 0.1) is 15.5 Å². The van der Waals surface area contributed by atoms with Gasteiger partial charge in [-0.2, -0.15) is 0 Å². The van der Waals surface area contributed by atoms with Gasteiger partial charge in [0.2, 0.25) is 0 Å². The van der Waals surface area contributed by atoms with E-state index in [-0.39, 0.29) is 27.9 Å². The summed E-state index contributed by atoms with van der Waals surface area (Å²) in [4.78, 5) is 12.5. The molecule has 1 amide bonds. The van der Waals surface area contributed by atoms with Crippen LogP contribution < -0.4 is 10.1 Å². The molecule has 3 aromatic rings. The molecule has 3 rings (SSSR count). The number of hydrogen-bond donors (Lipinski definition) is 1. The molecule has 0 aliphatic heterocycles. The van der Waals surface area contributed by atoms with Crippen LogP contribution in [-0.2, 0) is 16.4 Å². The molecule has 8 heteroatoms. The minimum Gasteiger partial charge on any atom is -0.487 e. The Balaban J connectivity index is 1.73. The number of anilines is 1. The number of sulfone groups is 1. The third-order valence-corrected chi connectivity index (χ3v) is 5.45. The summed E-state index contributed by atoms with van der Waals surface area (Å²) in [6.07, 6.45) is 1.04. The maximum absolute atomic E-state index is 13.2. The number of carbonyl (C=O) groups is 1. The first kappa shape index (κ1) is 20.8. The second-order valence-electron chi connectivity index (χ2n) is 6.29. The summed E-state index contributed by atoms with van der Waals surface area (Å²) >= 11 is 6.21. The van der Waals surface area contributed by atoms with Crippen LogP contribution >= 0.6 is 11.6 Å². The van der Waals surface area contributed by atoms with Gasteiger partial charge in [-0.15, -0.1) is 0 Å². The quantitative estimate of drug-likeness (QED) is 0.610. The molecule has 150 valence electrons. The van der Waals surface area contributed by atoms with Crippen molar-refractivity contribution in [2.75, 3.05) is 11.6 Å². The van der Waals surface area contributed by atoms with Crippen LogP contribution in [0.2, 0.25) is 5.02 Å². The fraction of sp³-hybridized carbons (Fsp3) is 0.0952. The van der Waals surface area contributed by atoms with Crippen LogP contribution in [-0.4, -0.2) is 20.6 Å². The number of nitrogens with one attached hydrogen (secondary N) is 1. The highest BCUT2D eigenvalue weighted by molar-refractivity contribution is 7.90. The average Bonchev–Trinajstić information content (AvgIpc) is 2.67. The van der Waals surface area contributed by atoms with Gasteiger partial charge in [0.1, 0.15) is 18.2 Å². The third-order valence-electron chi connectivity index (χ3n) is 4.00. The van der Waals surface area contributed by atoms with Crippen molar-refractivity contribution in [2.45, 2.75) is 11.5 Å². The van der Waals surface area contributed by atoms with Crippen molar-refractivity contribution in [3.8, 4) is 5.75 Å². The standard InChI is InChI=1S/C21H17ClFNO4S/c1-29(26,27)20-8-3-2-7-17(20)21(25)24-16-9-10-19(18(22)12-16)28-13-14-5-4-6-15(23)11-14/h2-12H,13H2,1H3,(H,24,25). The molecule has 0 radical (unpaired) electrons. The third kappa shape index (κ3) is 5.34. The Morgan fingerprint density at radius 3 is 2.52 bits per heavy atom. The van der Waals surface area contributed by atoms with Gasteiger partial charge in [-0.3, -0.25) is 4.79 Å². The molecule has 1 N–H and O–H groups in total. The molecule has 29 heavy (non-hydrogen) atoms. The van der Waals surface area contributed by atoms with E-state index in [2.05, 4.69) is 5.32 Å².